The second-order valence-electron chi connectivity index (χ2n) is 8.24. The smallest absolute Gasteiger partial charge is 0.419 e. The van der Waals surface area contributed by atoms with Gasteiger partial charge in [-0.2, -0.15) is 13.2 Å². The number of nitrogens with zero attached hydrogens (tertiary/aromatic N) is 2. The zero-order chi connectivity index (χ0) is 25.2. The van der Waals surface area contributed by atoms with Crippen LogP contribution in [0.2, 0.25) is 0 Å². The number of hydrogen-bond donors (Lipinski definition) is 1. The van der Waals surface area contributed by atoms with Gasteiger partial charge in [-0.25, -0.2) is 9.29 Å². The summed E-state index contributed by atoms with van der Waals surface area (Å²) in [5.41, 5.74) is -0.318. The Balaban J connectivity index is 1.35. The number of benzene rings is 1. The highest BCUT2D eigenvalue weighted by atomic mass is 32.2. The highest BCUT2D eigenvalue weighted by Crippen LogP contribution is 2.44. The molecule has 1 N–H and O–H groups in total. The minimum atomic E-state index is -4.49. The fourth-order valence-corrected chi connectivity index (χ4v) is 8.24. The topological polar surface area (TPSA) is 54.5 Å². The van der Waals surface area contributed by atoms with Crippen molar-refractivity contribution in [3.63, 3.8) is 0 Å². The fourth-order valence-electron chi connectivity index (χ4n) is 3.91. The summed E-state index contributed by atoms with van der Waals surface area (Å²) in [4.78, 5) is 18.6. The first-order valence-corrected chi connectivity index (χ1v) is 14.5. The third-order valence-electron chi connectivity index (χ3n) is 5.63. The van der Waals surface area contributed by atoms with E-state index in [9.17, 15) is 18.0 Å². The quantitative estimate of drug-likeness (QED) is 0.365. The summed E-state index contributed by atoms with van der Waals surface area (Å²) in [6, 6.07) is 8.88. The van der Waals surface area contributed by atoms with Crippen LogP contribution in [0.5, 0.6) is 5.75 Å². The molecule has 1 amide bonds. The molecule has 0 spiro atoms. The number of para-hydroxylation sites is 1. The molecular weight excluding hydrogens is 515 g/mol. The second-order valence-corrected chi connectivity index (χ2v) is 13.3. The molecule has 1 atom stereocenters. The third-order valence-corrected chi connectivity index (χ3v) is 10.7. The number of rotatable bonds is 8. The van der Waals surface area contributed by atoms with Crippen LogP contribution in [-0.2, 0) is 24.1 Å². The second kappa shape index (κ2) is 10.3. The first-order chi connectivity index (χ1) is 16.6. The van der Waals surface area contributed by atoms with Crippen LogP contribution in [0.3, 0.4) is 0 Å². The van der Waals surface area contributed by atoms with E-state index in [0.29, 0.717) is 10.7 Å². The molecule has 3 heterocycles. The van der Waals surface area contributed by atoms with Crippen molar-refractivity contribution in [3.8, 4) is 5.75 Å². The van der Waals surface area contributed by atoms with Gasteiger partial charge in [-0.3, -0.25) is 4.79 Å². The van der Waals surface area contributed by atoms with Crippen molar-refractivity contribution < 1.29 is 22.7 Å². The van der Waals surface area contributed by atoms with Gasteiger partial charge in [0.1, 0.15) is 17.4 Å². The normalized spacial score (nSPS) is 17.0. The van der Waals surface area contributed by atoms with Crippen molar-refractivity contribution in [2.24, 2.45) is 0 Å². The Morgan fingerprint density at radius 1 is 1.29 bits per heavy atom. The molecule has 3 aromatic rings. The van der Waals surface area contributed by atoms with Gasteiger partial charge in [0.2, 0.25) is 5.91 Å². The molecule has 35 heavy (non-hydrogen) atoms. The van der Waals surface area contributed by atoms with Gasteiger partial charge < -0.3 is 10.1 Å². The molecule has 1 aliphatic rings. The van der Waals surface area contributed by atoms with Gasteiger partial charge in [-0.1, -0.05) is 23.9 Å². The Hall–Kier alpha value is -2.34. The van der Waals surface area contributed by atoms with Crippen LogP contribution in [0.25, 0.3) is 0 Å². The maximum absolute atomic E-state index is 13.1. The molecule has 1 unspecified atom stereocenters. The molecule has 2 aromatic heterocycles. The number of halogens is 3. The molecule has 0 radical (unpaired) electrons. The van der Waals surface area contributed by atoms with Crippen LogP contribution >= 0.6 is 32.1 Å². The largest absolute Gasteiger partial charge is 0.487 e. The summed E-state index contributed by atoms with van der Waals surface area (Å²) < 4.78 is 48.0. The van der Waals surface area contributed by atoms with E-state index in [-0.39, 0.29) is 30.9 Å². The van der Waals surface area contributed by atoms with Gasteiger partial charge in [0.25, 0.3) is 0 Å². The summed E-state index contributed by atoms with van der Waals surface area (Å²) >= 11 is 2.99. The number of aromatic nitrogens is 1. The average Bonchev–Trinajstić information content (AvgIpc) is 3.56. The fraction of sp³-hybridized carbons (Fsp3) is 0.333. The lowest BCUT2D eigenvalue weighted by Crippen LogP contribution is -2.41. The number of aryl methyl sites for hydroxylation is 1. The van der Waals surface area contributed by atoms with E-state index < -0.39 is 21.1 Å². The van der Waals surface area contributed by atoms with Gasteiger partial charge in [0.15, 0.2) is 0 Å². The minimum Gasteiger partial charge on any atom is -0.487 e. The molecule has 0 aliphatic carbocycles. The molecule has 0 bridgehead atoms. The Labute approximate surface area is 211 Å². The number of thiophene rings is 1. The molecule has 188 valence electrons. The first-order valence-electron chi connectivity index (χ1n) is 10.9. The SMILES string of the molecule is C=S(=C)(c1ccc(C)s1)N1CCCC1C(=O)NCc1nc(COc2ccccc2C(F)(F)F)cs1. The molecule has 0 saturated carbocycles. The maximum atomic E-state index is 13.1. The monoisotopic (exact) mass is 541 g/mol. The zero-order valence-corrected chi connectivity index (χ0v) is 21.6. The van der Waals surface area contributed by atoms with Crippen molar-refractivity contribution in [1.82, 2.24) is 14.6 Å². The molecule has 1 saturated heterocycles. The van der Waals surface area contributed by atoms with E-state index in [4.69, 9.17) is 4.74 Å². The number of hydrogen-bond acceptors (Lipinski definition) is 6. The summed E-state index contributed by atoms with van der Waals surface area (Å²) in [6.07, 6.45) is -2.85. The molecule has 1 aliphatic heterocycles. The highest BCUT2D eigenvalue weighted by Gasteiger charge is 2.35. The number of carbonyl (C=O) groups is 1. The van der Waals surface area contributed by atoms with Crippen LogP contribution in [0.1, 0.15) is 34.0 Å². The van der Waals surface area contributed by atoms with Crippen LogP contribution in [0, 0.1) is 6.92 Å². The van der Waals surface area contributed by atoms with Gasteiger partial charge in [-0.15, -0.1) is 32.1 Å². The number of amides is 1. The average molecular weight is 542 g/mol. The Bertz CT molecular complexity index is 1300. The van der Waals surface area contributed by atoms with Crippen LogP contribution in [0.4, 0.5) is 13.2 Å². The van der Waals surface area contributed by atoms with Crippen molar-refractivity contribution in [1.29, 1.82) is 0 Å². The van der Waals surface area contributed by atoms with Crippen LogP contribution < -0.4 is 10.1 Å². The zero-order valence-electron chi connectivity index (χ0n) is 19.1. The van der Waals surface area contributed by atoms with Gasteiger partial charge in [-0.05, 0) is 44.0 Å². The number of nitrogens with one attached hydrogen (secondary N) is 1. The van der Waals surface area contributed by atoms with E-state index in [1.807, 2.05) is 6.92 Å². The molecule has 5 nitrogen and oxygen atoms in total. The molecule has 1 fully saturated rings. The van der Waals surface area contributed by atoms with Gasteiger partial charge >= 0.3 is 6.18 Å². The van der Waals surface area contributed by atoms with E-state index in [1.165, 1.54) is 34.4 Å². The van der Waals surface area contributed by atoms with E-state index in [0.717, 1.165) is 29.7 Å². The van der Waals surface area contributed by atoms with Crippen molar-refractivity contribution >= 4 is 49.7 Å². The summed E-state index contributed by atoms with van der Waals surface area (Å²) in [5, 5.41) is 5.33. The maximum Gasteiger partial charge on any atom is 0.419 e. The number of carbonyl (C=O) groups excluding carboxylic acids is 1. The molecule has 1 aromatic carbocycles. The minimum absolute atomic E-state index is 0.0907. The number of ether oxygens (including phenoxy) is 1. The molecular formula is C24H26F3N3O2S3. The summed E-state index contributed by atoms with van der Waals surface area (Å²) in [5.74, 6) is 8.45. The lowest BCUT2D eigenvalue weighted by Gasteiger charge is -2.30. The Morgan fingerprint density at radius 2 is 2.06 bits per heavy atom. The lowest BCUT2D eigenvalue weighted by molar-refractivity contribution is -0.139. The first kappa shape index (κ1) is 25.7. The summed E-state index contributed by atoms with van der Waals surface area (Å²) in [7, 11) is -1.76. The van der Waals surface area contributed by atoms with E-state index >= 15 is 0 Å². The van der Waals surface area contributed by atoms with Gasteiger partial charge in [0.05, 0.1) is 28.1 Å². The number of alkyl halides is 3. The predicted molar refractivity (Wildman–Crippen MR) is 139 cm³/mol. The van der Waals surface area contributed by atoms with Crippen LogP contribution in [0.15, 0.2) is 46.0 Å². The number of thiazole rings is 1. The Kier molecular flexibility index (Phi) is 7.60. The standard InChI is InChI=1S/C24H26F3N3O2S3/c1-16-10-11-22(34-16)35(2,3)30-12-6-8-19(30)23(31)28-13-21-29-17(15-33-21)14-32-20-9-5-4-7-18(20)24(25,26)27/h4-5,7,9-11,15,19H,2-3,6,8,12-14H2,1H3,(H,28,31). The third kappa shape index (κ3) is 5.91. The van der Waals surface area contributed by atoms with Crippen molar-refractivity contribution in [2.75, 3.05) is 6.54 Å². The predicted octanol–water partition coefficient (Wildman–Crippen LogP) is 5.83. The molecule has 11 heteroatoms. The summed E-state index contributed by atoms with van der Waals surface area (Å²) in [6.45, 7) is 2.96. The van der Waals surface area contributed by atoms with Gasteiger partial charge in [0, 0.05) is 16.8 Å². The molecule has 4 rings (SSSR count). The lowest BCUT2D eigenvalue weighted by atomic mass is 10.2. The van der Waals surface area contributed by atoms with Crippen molar-refractivity contribution in [2.45, 2.75) is 49.3 Å². The van der Waals surface area contributed by atoms with Crippen LogP contribution in [-0.4, -0.2) is 39.5 Å². The Morgan fingerprint density at radius 3 is 2.77 bits per heavy atom. The van der Waals surface area contributed by atoms with E-state index in [1.54, 1.807) is 16.7 Å². The van der Waals surface area contributed by atoms with E-state index in [2.05, 4.69) is 38.5 Å². The highest BCUT2D eigenvalue weighted by molar-refractivity contribution is 8.27. The van der Waals surface area contributed by atoms with Crippen molar-refractivity contribution in [3.05, 3.63) is 62.9 Å².